The Bertz CT molecular complexity index is 757. The van der Waals surface area contributed by atoms with Crippen LogP contribution in [0.3, 0.4) is 0 Å². The van der Waals surface area contributed by atoms with Crippen LogP contribution in [-0.4, -0.2) is 83.1 Å². The molecule has 0 saturated carbocycles. The van der Waals surface area contributed by atoms with Gasteiger partial charge >= 0.3 is 51.4 Å². The Balaban J connectivity index is 0.00000288. The van der Waals surface area contributed by atoms with Gasteiger partial charge in [0.05, 0.1) is 6.33 Å². The van der Waals surface area contributed by atoms with E-state index in [1.54, 1.807) is 41.5 Å². The predicted octanol–water partition coefficient (Wildman–Crippen LogP) is 1.67. The summed E-state index contributed by atoms with van der Waals surface area (Å²) in [6.07, 6.45) is 1.46. The molecule has 24 heavy (non-hydrogen) atoms. The van der Waals surface area contributed by atoms with Crippen molar-refractivity contribution in [2.45, 2.75) is 41.5 Å². The average Bonchev–Trinajstić information content (AvgIpc) is 2.84. The number of fused-ring (bicyclic) bond motifs is 1. The van der Waals surface area contributed by atoms with E-state index < -0.39 is 10.8 Å². The van der Waals surface area contributed by atoms with Gasteiger partial charge in [-0.25, -0.2) is 4.98 Å². The zero-order chi connectivity index (χ0) is 17.4. The fourth-order valence-electron chi connectivity index (χ4n) is 1.56. The molecule has 0 bridgehead atoms. The van der Waals surface area contributed by atoms with Gasteiger partial charge in [0.15, 0.2) is 11.5 Å². The zero-order valence-electron chi connectivity index (χ0n) is 14.2. The minimum absolute atomic E-state index is 0. The van der Waals surface area contributed by atoms with Crippen molar-refractivity contribution in [3.63, 3.8) is 0 Å². The molecular formula is C15H23KN6O2. The van der Waals surface area contributed by atoms with Crippen LogP contribution in [0.2, 0.25) is 0 Å². The number of nitrogens with zero attached hydrogens (tertiary/aromatic N) is 3. The molecule has 0 aromatic carbocycles. The second-order valence-corrected chi connectivity index (χ2v) is 7.41. The monoisotopic (exact) mass is 358 g/mol. The second-order valence-electron chi connectivity index (χ2n) is 7.41. The molecule has 2 aromatic heterocycles. The fraction of sp³-hybridized carbons (Fsp3) is 0.533. The summed E-state index contributed by atoms with van der Waals surface area (Å²) in [6.45, 7) is 10.8. The fourth-order valence-corrected chi connectivity index (χ4v) is 1.56. The molecule has 8 nitrogen and oxygen atoms in total. The Kier molecular flexibility index (Phi) is 6.67. The molecule has 2 rings (SSSR count). The van der Waals surface area contributed by atoms with Crippen molar-refractivity contribution >= 4 is 86.1 Å². The number of rotatable bonds is 2. The molecule has 9 heteroatoms. The molecular weight excluding hydrogens is 335 g/mol. The van der Waals surface area contributed by atoms with Gasteiger partial charge in [0.25, 0.3) is 0 Å². The molecule has 0 aliphatic rings. The van der Waals surface area contributed by atoms with E-state index in [1.807, 2.05) is 0 Å². The minimum atomic E-state index is -0.585. The SMILES string of the molecule is CC(C)(C)C(=O)Nc1nc(NC(=O)C(C)(C)C)c2[nH]cnc2n1.[KH]. The molecule has 3 N–H and O–H groups in total. The number of hydrogen-bond acceptors (Lipinski definition) is 5. The molecule has 126 valence electrons. The van der Waals surface area contributed by atoms with Crippen LogP contribution in [0.1, 0.15) is 41.5 Å². The maximum absolute atomic E-state index is 12.2. The molecule has 0 saturated heterocycles. The standard InChI is InChI=1S/C15H22N6O2.K.H/c1-14(2,3)11(22)18-10-8-9(17-7-16-8)19-13(20-10)21-12(23)15(4,5)6;;/h7H,1-6H3,(H3,16,17,18,19,20,21,22,23);;. The Morgan fingerprint density at radius 1 is 0.958 bits per heavy atom. The predicted molar refractivity (Wildman–Crippen MR) is 95.0 cm³/mol. The molecule has 0 atom stereocenters. The Morgan fingerprint density at radius 3 is 2.04 bits per heavy atom. The summed E-state index contributed by atoms with van der Waals surface area (Å²) in [6, 6.07) is 0. The summed E-state index contributed by atoms with van der Waals surface area (Å²) in [5.41, 5.74) is -0.282. The van der Waals surface area contributed by atoms with Crippen LogP contribution in [0.4, 0.5) is 11.8 Å². The van der Waals surface area contributed by atoms with Gasteiger partial charge in [-0.1, -0.05) is 41.5 Å². The first-order chi connectivity index (χ1) is 10.5. The van der Waals surface area contributed by atoms with Crippen LogP contribution >= 0.6 is 0 Å². The van der Waals surface area contributed by atoms with E-state index in [0.717, 1.165) is 0 Å². The van der Waals surface area contributed by atoms with Gasteiger partial charge in [-0.15, -0.1) is 0 Å². The molecule has 2 aromatic rings. The van der Waals surface area contributed by atoms with Crippen LogP contribution in [-0.2, 0) is 9.59 Å². The van der Waals surface area contributed by atoms with Crippen molar-refractivity contribution in [3.8, 4) is 0 Å². The first-order valence-corrected chi connectivity index (χ1v) is 7.32. The molecule has 2 amide bonds. The molecule has 0 radical (unpaired) electrons. The third-order valence-corrected chi connectivity index (χ3v) is 3.11. The number of nitrogens with one attached hydrogen (secondary N) is 3. The maximum atomic E-state index is 12.2. The number of carbonyl (C=O) groups is 2. The van der Waals surface area contributed by atoms with Gasteiger partial charge in [-0.05, 0) is 0 Å². The van der Waals surface area contributed by atoms with E-state index in [2.05, 4.69) is 30.6 Å². The van der Waals surface area contributed by atoms with E-state index >= 15 is 0 Å². The molecule has 2 heterocycles. The number of hydrogen-bond donors (Lipinski definition) is 3. The van der Waals surface area contributed by atoms with Crippen LogP contribution in [0.25, 0.3) is 11.2 Å². The number of anilines is 2. The van der Waals surface area contributed by atoms with E-state index in [9.17, 15) is 9.59 Å². The molecule has 0 spiro atoms. The van der Waals surface area contributed by atoms with Crippen molar-refractivity contribution in [2.75, 3.05) is 10.6 Å². The molecule has 0 aliphatic heterocycles. The van der Waals surface area contributed by atoms with E-state index in [-0.39, 0.29) is 75.0 Å². The Hall–Kier alpha value is -0.874. The number of H-pyrrole nitrogens is 1. The van der Waals surface area contributed by atoms with Crippen LogP contribution < -0.4 is 10.6 Å². The van der Waals surface area contributed by atoms with Gasteiger partial charge in [0.2, 0.25) is 17.8 Å². The number of aromatic nitrogens is 4. The summed E-state index contributed by atoms with van der Waals surface area (Å²) in [4.78, 5) is 39.7. The Morgan fingerprint density at radius 2 is 1.50 bits per heavy atom. The average molecular weight is 358 g/mol. The summed E-state index contributed by atoms with van der Waals surface area (Å²) >= 11 is 0. The van der Waals surface area contributed by atoms with Crippen molar-refractivity contribution in [1.29, 1.82) is 0 Å². The van der Waals surface area contributed by atoms with Crippen molar-refractivity contribution in [2.24, 2.45) is 10.8 Å². The van der Waals surface area contributed by atoms with E-state index in [4.69, 9.17) is 0 Å². The number of carbonyl (C=O) groups excluding carboxylic acids is 2. The van der Waals surface area contributed by atoms with Crippen molar-refractivity contribution in [1.82, 2.24) is 19.9 Å². The number of amides is 2. The quantitative estimate of drug-likeness (QED) is 0.707. The third-order valence-electron chi connectivity index (χ3n) is 3.11. The van der Waals surface area contributed by atoms with Gasteiger partial charge < -0.3 is 10.3 Å². The van der Waals surface area contributed by atoms with Gasteiger partial charge in [0.1, 0.15) is 5.52 Å². The molecule has 0 aliphatic carbocycles. The van der Waals surface area contributed by atoms with Crippen molar-refractivity contribution in [3.05, 3.63) is 6.33 Å². The summed E-state index contributed by atoms with van der Waals surface area (Å²) < 4.78 is 0. The topological polar surface area (TPSA) is 113 Å². The Labute approximate surface area is 183 Å². The third kappa shape index (κ3) is 5.06. The van der Waals surface area contributed by atoms with Gasteiger partial charge in [-0.3, -0.25) is 14.9 Å². The second kappa shape index (κ2) is 7.57. The van der Waals surface area contributed by atoms with Gasteiger partial charge in [0, 0.05) is 10.8 Å². The van der Waals surface area contributed by atoms with Crippen molar-refractivity contribution < 1.29 is 9.59 Å². The molecule has 0 fully saturated rings. The first-order valence-electron chi connectivity index (χ1n) is 7.32. The summed E-state index contributed by atoms with van der Waals surface area (Å²) in [5.74, 6) is -0.0222. The number of imidazole rings is 1. The zero-order valence-corrected chi connectivity index (χ0v) is 14.2. The first kappa shape index (κ1) is 21.2. The number of aromatic amines is 1. The van der Waals surface area contributed by atoms with Gasteiger partial charge in [-0.2, -0.15) is 9.97 Å². The van der Waals surface area contributed by atoms with Crippen LogP contribution in [0, 0.1) is 10.8 Å². The van der Waals surface area contributed by atoms with E-state index in [1.165, 1.54) is 6.33 Å². The normalized spacial score (nSPS) is 11.8. The summed E-state index contributed by atoms with van der Waals surface area (Å²) in [5, 5.41) is 5.40. The van der Waals surface area contributed by atoms with E-state index in [0.29, 0.717) is 11.2 Å². The summed E-state index contributed by atoms with van der Waals surface area (Å²) in [7, 11) is 0. The molecule has 0 unspecified atom stereocenters. The van der Waals surface area contributed by atoms with Crippen LogP contribution in [0.5, 0.6) is 0 Å². The van der Waals surface area contributed by atoms with Crippen LogP contribution in [0.15, 0.2) is 6.33 Å².